The Morgan fingerprint density at radius 3 is 2.80 bits per heavy atom. The molecule has 1 atom stereocenters. The molecule has 1 saturated heterocycles. The molecular weight excluding hydrogens is 294 g/mol. The second-order valence-corrected chi connectivity index (χ2v) is 6.63. The maximum Gasteiger partial charge on any atom is 0.247 e. The third-order valence-corrected chi connectivity index (χ3v) is 4.76. The van der Waals surface area contributed by atoms with Crippen LogP contribution in [0.3, 0.4) is 0 Å². The van der Waals surface area contributed by atoms with Crippen molar-refractivity contribution in [1.29, 1.82) is 0 Å². The third kappa shape index (κ3) is 4.27. The van der Waals surface area contributed by atoms with Gasteiger partial charge in [0.05, 0.1) is 5.60 Å². The van der Waals surface area contributed by atoms with Gasteiger partial charge in [-0.25, -0.2) is 0 Å². The highest BCUT2D eigenvalue weighted by atomic mass is 35.5. The number of hydrogen-bond acceptors (Lipinski definition) is 3. The molecule has 5 heteroatoms. The van der Waals surface area contributed by atoms with Crippen LogP contribution in [0.4, 0.5) is 0 Å². The lowest BCUT2D eigenvalue weighted by Crippen LogP contribution is -2.43. The number of hydrogen-bond donors (Lipinski definition) is 2. The molecule has 0 radical (unpaired) electrons. The maximum atomic E-state index is 12.0. The topological polar surface area (TPSA) is 49.3 Å². The SMILES string of the molecule is C/C(=C/c1ccc(Cl)cc1)C(=O)NCC1(O)CCSC1. The molecule has 1 unspecified atom stereocenters. The normalized spacial score (nSPS) is 22.9. The van der Waals surface area contributed by atoms with E-state index < -0.39 is 5.60 Å². The molecule has 20 heavy (non-hydrogen) atoms. The van der Waals surface area contributed by atoms with E-state index in [2.05, 4.69) is 5.32 Å². The summed E-state index contributed by atoms with van der Waals surface area (Å²) in [5.41, 5.74) is 0.791. The Labute approximate surface area is 128 Å². The zero-order valence-corrected chi connectivity index (χ0v) is 12.9. The first-order chi connectivity index (χ1) is 9.48. The zero-order chi connectivity index (χ0) is 14.6. The molecule has 1 fully saturated rings. The zero-order valence-electron chi connectivity index (χ0n) is 11.4. The third-order valence-electron chi connectivity index (χ3n) is 3.27. The van der Waals surface area contributed by atoms with E-state index in [-0.39, 0.29) is 5.91 Å². The summed E-state index contributed by atoms with van der Waals surface area (Å²) in [5, 5.41) is 13.6. The highest BCUT2D eigenvalue weighted by molar-refractivity contribution is 7.99. The van der Waals surface area contributed by atoms with Crippen molar-refractivity contribution in [3.63, 3.8) is 0 Å². The van der Waals surface area contributed by atoms with Crippen LogP contribution in [-0.4, -0.2) is 34.7 Å². The van der Waals surface area contributed by atoms with Crippen LogP contribution in [0.15, 0.2) is 29.8 Å². The molecule has 1 aromatic rings. The van der Waals surface area contributed by atoms with Crippen LogP contribution in [0.2, 0.25) is 5.02 Å². The van der Waals surface area contributed by atoms with Gasteiger partial charge >= 0.3 is 0 Å². The second-order valence-electron chi connectivity index (χ2n) is 5.09. The van der Waals surface area contributed by atoms with Crippen LogP contribution < -0.4 is 5.32 Å². The maximum absolute atomic E-state index is 12.0. The molecule has 3 nitrogen and oxygen atoms in total. The highest BCUT2D eigenvalue weighted by Gasteiger charge is 2.31. The van der Waals surface area contributed by atoms with E-state index in [0.717, 1.165) is 17.7 Å². The molecule has 0 aromatic heterocycles. The highest BCUT2D eigenvalue weighted by Crippen LogP contribution is 2.27. The van der Waals surface area contributed by atoms with Gasteiger partial charge in [0.1, 0.15) is 0 Å². The van der Waals surface area contributed by atoms with Crippen LogP contribution in [0.25, 0.3) is 6.08 Å². The van der Waals surface area contributed by atoms with Crippen molar-refractivity contribution >= 4 is 35.3 Å². The van der Waals surface area contributed by atoms with Gasteiger partial charge in [0.2, 0.25) is 5.91 Å². The van der Waals surface area contributed by atoms with E-state index in [0.29, 0.717) is 22.9 Å². The van der Waals surface area contributed by atoms with Gasteiger partial charge in [-0.05, 0) is 42.9 Å². The van der Waals surface area contributed by atoms with Gasteiger partial charge in [0.15, 0.2) is 0 Å². The van der Waals surface area contributed by atoms with Crippen molar-refractivity contribution in [3.05, 3.63) is 40.4 Å². The van der Waals surface area contributed by atoms with Gasteiger partial charge in [-0.2, -0.15) is 11.8 Å². The largest absolute Gasteiger partial charge is 0.387 e. The van der Waals surface area contributed by atoms with E-state index in [4.69, 9.17) is 11.6 Å². The summed E-state index contributed by atoms with van der Waals surface area (Å²) in [6.45, 7) is 2.07. The molecule has 1 aromatic carbocycles. The van der Waals surface area contributed by atoms with Crippen LogP contribution in [0.1, 0.15) is 18.9 Å². The number of amides is 1. The summed E-state index contributed by atoms with van der Waals surface area (Å²) in [7, 11) is 0. The van der Waals surface area contributed by atoms with Gasteiger partial charge in [-0.3, -0.25) is 4.79 Å². The van der Waals surface area contributed by atoms with Crippen LogP contribution in [-0.2, 0) is 4.79 Å². The van der Waals surface area contributed by atoms with Crippen LogP contribution in [0.5, 0.6) is 0 Å². The van der Waals surface area contributed by atoms with E-state index in [1.54, 1.807) is 36.9 Å². The molecule has 0 aliphatic carbocycles. The monoisotopic (exact) mass is 311 g/mol. The minimum absolute atomic E-state index is 0.148. The molecule has 2 rings (SSSR count). The van der Waals surface area contributed by atoms with Gasteiger partial charge in [0.25, 0.3) is 0 Å². The number of aliphatic hydroxyl groups is 1. The molecule has 1 aliphatic rings. The van der Waals surface area contributed by atoms with E-state index in [1.165, 1.54) is 0 Å². The summed E-state index contributed by atoms with van der Waals surface area (Å²) in [4.78, 5) is 12.0. The molecule has 2 N–H and O–H groups in total. The standard InChI is InChI=1S/C15H18ClNO2S/c1-11(8-12-2-4-13(16)5-3-12)14(18)17-9-15(19)6-7-20-10-15/h2-5,8,19H,6-7,9-10H2,1H3,(H,17,18)/b11-8-. The van der Waals surface area contributed by atoms with Crippen molar-refractivity contribution in [1.82, 2.24) is 5.32 Å². The van der Waals surface area contributed by atoms with Crippen LogP contribution >= 0.6 is 23.4 Å². The molecular formula is C15H18ClNO2S. The van der Waals surface area contributed by atoms with Gasteiger partial charge in [-0.1, -0.05) is 23.7 Å². The van der Waals surface area contributed by atoms with Crippen molar-refractivity contribution in [3.8, 4) is 0 Å². The summed E-state index contributed by atoms with van der Waals surface area (Å²) in [5.74, 6) is 1.49. The molecule has 108 valence electrons. The number of benzene rings is 1. The van der Waals surface area contributed by atoms with E-state index in [1.807, 2.05) is 12.1 Å². The quantitative estimate of drug-likeness (QED) is 0.841. The number of carbonyl (C=O) groups is 1. The Morgan fingerprint density at radius 2 is 2.20 bits per heavy atom. The van der Waals surface area contributed by atoms with Crippen molar-refractivity contribution in [2.45, 2.75) is 18.9 Å². The average molecular weight is 312 g/mol. The van der Waals surface area contributed by atoms with E-state index >= 15 is 0 Å². The molecule has 1 amide bonds. The number of rotatable bonds is 4. The van der Waals surface area contributed by atoms with Crippen molar-refractivity contribution < 1.29 is 9.90 Å². The van der Waals surface area contributed by atoms with Crippen molar-refractivity contribution in [2.24, 2.45) is 0 Å². The minimum Gasteiger partial charge on any atom is -0.387 e. The number of carbonyl (C=O) groups excluding carboxylic acids is 1. The van der Waals surface area contributed by atoms with Crippen LogP contribution in [0, 0.1) is 0 Å². The molecule has 1 heterocycles. The summed E-state index contributed by atoms with van der Waals surface area (Å²) in [6, 6.07) is 7.30. The summed E-state index contributed by atoms with van der Waals surface area (Å²) >= 11 is 7.54. The summed E-state index contributed by atoms with van der Waals surface area (Å²) in [6.07, 6.45) is 2.54. The van der Waals surface area contributed by atoms with Gasteiger partial charge in [-0.15, -0.1) is 0 Å². The molecule has 1 aliphatic heterocycles. The fourth-order valence-corrected chi connectivity index (χ4v) is 3.42. The fraction of sp³-hybridized carbons (Fsp3) is 0.400. The number of thioether (sulfide) groups is 1. The van der Waals surface area contributed by atoms with E-state index in [9.17, 15) is 9.90 Å². The van der Waals surface area contributed by atoms with Gasteiger partial charge < -0.3 is 10.4 Å². The smallest absolute Gasteiger partial charge is 0.247 e. The molecule has 0 spiro atoms. The Hall–Kier alpha value is -0.970. The molecule has 0 bridgehead atoms. The predicted octanol–water partition coefficient (Wildman–Crippen LogP) is 2.73. The lowest BCUT2D eigenvalue weighted by Gasteiger charge is -2.21. The second kappa shape index (κ2) is 6.66. The Balaban J connectivity index is 1.92. The Kier molecular flexibility index (Phi) is 5.13. The fourth-order valence-electron chi connectivity index (χ4n) is 1.99. The first-order valence-electron chi connectivity index (χ1n) is 6.51. The van der Waals surface area contributed by atoms with Gasteiger partial charge in [0, 0.05) is 22.9 Å². The lowest BCUT2D eigenvalue weighted by molar-refractivity contribution is -0.118. The lowest BCUT2D eigenvalue weighted by atomic mass is 10.0. The number of halogens is 1. The minimum atomic E-state index is -0.749. The Bertz CT molecular complexity index is 507. The number of nitrogens with one attached hydrogen (secondary N) is 1. The predicted molar refractivity (Wildman–Crippen MR) is 85.0 cm³/mol. The first-order valence-corrected chi connectivity index (χ1v) is 8.04. The Morgan fingerprint density at radius 1 is 1.50 bits per heavy atom. The first kappa shape index (κ1) is 15.4. The van der Waals surface area contributed by atoms with Crippen molar-refractivity contribution in [2.75, 3.05) is 18.1 Å². The summed E-state index contributed by atoms with van der Waals surface area (Å²) < 4.78 is 0. The average Bonchev–Trinajstić information content (AvgIpc) is 2.86. The molecule has 0 saturated carbocycles.